The third-order valence-corrected chi connectivity index (χ3v) is 12.6. The first kappa shape index (κ1) is 55.6. The largest absolute Gasteiger partial charge is 0.480 e. The predicted molar refractivity (Wildman–Crippen MR) is 258 cm³/mol. The van der Waals surface area contributed by atoms with Crippen LogP contribution in [0.5, 0.6) is 0 Å². The maximum absolute atomic E-state index is 14.3. The third-order valence-electron chi connectivity index (χ3n) is 12.6. The fourth-order valence-corrected chi connectivity index (χ4v) is 9.04. The SMILES string of the molecule is CC1=C(C(=O)NCCC[N+](C)(C)CCCNC(=O)C2=C(C)N(c3cccc(C(F)(F)F)c3)C(=O)N(CC(=O)O)[C@@H]2c2ccc(C#N)cc2)[C@@H](c2ccc(C#N)cc2)N(CC(=O)O)C(=O)N1c1cccc(C(F)(F)F)c1. The molecule has 6 amide bonds. The van der Waals surface area contributed by atoms with Crippen LogP contribution >= 0.6 is 0 Å². The molecule has 392 valence electrons. The predicted octanol–water partition coefficient (Wildman–Crippen LogP) is 7.94. The Morgan fingerprint density at radius 2 is 0.947 bits per heavy atom. The summed E-state index contributed by atoms with van der Waals surface area (Å²) in [6.07, 6.45) is -8.93. The molecular weight excluding hydrogens is 993 g/mol. The molecule has 0 aliphatic carbocycles. The molecule has 2 aliphatic rings. The van der Waals surface area contributed by atoms with Gasteiger partial charge in [0.2, 0.25) is 0 Å². The maximum atomic E-state index is 14.3. The number of hydrogen-bond acceptors (Lipinski definition) is 8. The highest BCUT2D eigenvalue weighted by molar-refractivity contribution is 6.07. The molecule has 2 aliphatic heterocycles. The normalized spacial score (nSPS) is 16.4. The quantitative estimate of drug-likeness (QED) is 0.0427. The van der Waals surface area contributed by atoms with Crippen LogP contribution in [0.4, 0.5) is 47.3 Å². The number of halogens is 6. The number of carboxylic acids is 2. The number of carboxylic acid groups (broad SMARTS) is 2. The first-order valence-corrected chi connectivity index (χ1v) is 23.1. The van der Waals surface area contributed by atoms with Crippen LogP contribution in [0.3, 0.4) is 0 Å². The summed E-state index contributed by atoms with van der Waals surface area (Å²) in [5.41, 5.74) is -2.20. The number of alkyl halides is 6. The van der Waals surface area contributed by atoms with Crippen LogP contribution in [0.15, 0.2) is 120 Å². The number of nitriles is 2. The second-order valence-corrected chi connectivity index (χ2v) is 18.2. The summed E-state index contributed by atoms with van der Waals surface area (Å²) in [5, 5.41) is 44.3. The molecule has 2 atom stereocenters. The average Bonchev–Trinajstić information content (AvgIpc) is 3.35. The van der Waals surface area contributed by atoms with E-state index in [0.29, 0.717) is 42.5 Å². The number of aliphatic carboxylic acids is 2. The number of quaternary nitrogens is 1. The number of allylic oxidation sites excluding steroid dienone is 2. The first-order valence-electron chi connectivity index (χ1n) is 23.1. The van der Waals surface area contributed by atoms with Gasteiger partial charge in [-0.1, -0.05) is 36.4 Å². The Morgan fingerprint density at radius 1 is 0.600 bits per heavy atom. The van der Waals surface area contributed by atoms with Crippen LogP contribution in [0.1, 0.15) is 72.2 Å². The van der Waals surface area contributed by atoms with Gasteiger partial charge in [0, 0.05) is 37.3 Å². The van der Waals surface area contributed by atoms with Crippen LogP contribution in [0, 0.1) is 22.7 Å². The summed E-state index contributed by atoms with van der Waals surface area (Å²) < 4.78 is 83.4. The number of nitrogens with one attached hydrogen (secondary N) is 2. The molecule has 2 heterocycles. The van der Waals surface area contributed by atoms with E-state index in [0.717, 1.165) is 43.9 Å². The highest BCUT2D eigenvalue weighted by Crippen LogP contribution is 2.43. The fraction of sp³-hybridized carbons (Fsp3) is 0.308. The summed E-state index contributed by atoms with van der Waals surface area (Å²) in [6, 6.07) is 18.2. The molecule has 0 fully saturated rings. The molecule has 0 saturated carbocycles. The van der Waals surface area contributed by atoms with E-state index in [4.69, 9.17) is 0 Å². The average molecular weight is 1040 g/mol. The Balaban J connectivity index is 1.19. The van der Waals surface area contributed by atoms with Crippen molar-refractivity contribution in [2.24, 2.45) is 0 Å². The van der Waals surface area contributed by atoms with Gasteiger partial charge in [0.15, 0.2) is 0 Å². The Hall–Kier alpha value is -8.70. The van der Waals surface area contributed by atoms with Gasteiger partial charge in [-0.15, -0.1) is 0 Å². The molecule has 75 heavy (non-hydrogen) atoms. The topological polar surface area (TPSA) is 227 Å². The van der Waals surface area contributed by atoms with E-state index < -0.39 is 84.5 Å². The number of carbonyl (C=O) groups is 6. The number of nitrogens with zero attached hydrogens (tertiary/aromatic N) is 7. The molecule has 0 saturated heterocycles. The lowest BCUT2D eigenvalue weighted by atomic mass is 9.91. The van der Waals surface area contributed by atoms with Crippen molar-refractivity contribution >= 4 is 47.2 Å². The highest BCUT2D eigenvalue weighted by atomic mass is 19.4. The lowest BCUT2D eigenvalue weighted by molar-refractivity contribution is -0.890. The van der Waals surface area contributed by atoms with Crippen LogP contribution in [0.2, 0.25) is 0 Å². The van der Waals surface area contributed by atoms with Crippen LogP contribution in [-0.2, 0) is 31.5 Å². The van der Waals surface area contributed by atoms with Gasteiger partial charge in [-0.2, -0.15) is 36.9 Å². The Labute approximate surface area is 426 Å². The molecule has 4 aromatic rings. The number of carbonyl (C=O) groups excluding carboxylic acids is 4. The van der Waals surface area contributed by atoms with E-state index in [9.17, 15) is 75.8 Å². The van der Waals surface area contributed by atoms with E-state index in [1.807, 2.05) is 26.2 Å². The van der Waals surface area contributed by atoms with Gasteiger partial charge in [-0.05, 0) is 85.6 Å². The molecule has 0 spiro atoms. The van der Waals surface area contributed by atoms with Gasteiger partial charge in [0.05, 0.1) is 96.2 Å². The van der Waals surface area contributed by atoms with Crippen molar-refractivity contribution in [3.63, 3.8) is 0 Å². The number of rotatable bonds is 18. The van der Waals surface area contributed by atoms with E-state index in [1.54, 1.807) is 0 Å². The van der Waals surface area contributed by atoms with Crippen molar-refractivity contribution in [2.75, 3.05) is 63.2 Å². The molecule has 4 aromatic carbocycles. The minimum atomic E-state index is -4.80. The molecule has 0 bridgehead atoms. The Morgan fingerprint density at radius 3 is 1.25 bits per heavy atom. The third kappa shape index (κ3) is 12.7. The molecule has 0 aromatic heterocycles. The highest BCUT2D eigenvalue weighted by Gasteiger charge is 2.46. The zero-order valence-corrected chi connectivity index (χ0v) is 40.8. The number of anilines is 2. The monoisotopic (exact) mass is 1040 g/mol. The first-order chi connectivity index (χ1) is 35.3. The Bertz CT molecular complexity index is 2830. The molecule has 6 rings (SSSR count). The van der Waals surface area contributed by atoms with Crippen molar-refractivity contribution in [1.82, 2.24) is 20.4 Å². The maximum Gasteiger partial charge on any atom is 0.416 e. The lowest BCUT2D eigenvalue weighted by Crippen LogP contribution is -2.53. The van der Waals surface area contributed by atoms with Gasteiger partial charge < -0.3 is 35.1 Å². The van der Waals surface area contributed by atoms with E-state index in [2.05, 4.69) is 10.6 Å². The number of amides is 6. The van der Waals surface area contributed by atoms with E-state index >= 15 is 0 Å². The van der Waals surface area contributed by atoms with Gasteiger partial charge in [0.25, 0.3) is 11.8 Å². The second-order valence-electron chi connectivity index (χ2n) is 18.2. The standard InChI is InChI=1S/C52H49F6N9O8/c1-31-43(45(35-17-13-33(27-59)14-18-35)63(29-41(68)69)49(74)65(31)39-11-5-9-37(25-39)51(53,54)55)47(72)61-21-7-23-67(3,4)24-8-22-62-48(73)44-32(2)66(40-12-6-10-38(26-40)52(56,57)58)50(75)64(30-42(70)71)46(44)36-19-15-34(28-60)16-20-36/h5-6,9-20,25-26,45-46H,7-8,21-24,29-30H2,1-4H3,(H3-,61,62,68,69,70,71,72,73)/p+1/t45-,46-/m1/s1. The van der Waals surface area contributed by atoms with Crippen molar-refractivity contribution < 1.29 is 69.8 Å². The Kier molecular flexibility index (Phi) is 16.8. The zero-order chi connectivity index (χ0) is 55.2. The van der Waals surface area contributed by atoms with Crippen LogP contribution in [0.25, 0.3) is 0 Å². The van der Waals surface area contributed by atoms with E-state index in [-0.39, 0.29) is 69.3 Å². The van der Waals surface area contributed by atoms with Gasteiger partial charge in [0.1, 0.15) is 13.1 Å². The molecule has 4 N–H and O–H groups in total. The van der Waals surface area contributed by atoms with Crippen molar-refractivity contribution in [1.29, 1.82) is 10.5 Å². The molecule has 23 heteroatoms. The van der Waals surface area contributed by atoms with Gasteiger partial charge >= 0.3 is 36.4 Å². The second kappa shape index (κ2) is 22.6. The summed E-state index contributed by atoms with van der Waals surface area (Å²) in [7, 11) is 3.75. The number of benzene rings is 4. The van der Waals surface area contributed by atoms with Gasteiger partial charge in [-0.3, -0.25) is 29.0 Å². The molecule has 17 nitrogen and oxygen atoms in total. The molecule has 0 unspecified atom stereocenters. The lowest BCUT2D eigenvalue weighted by Gasteiger charge is -2.42. The smallest absolute Gasteiger partial charge is 0.416 e. The van der Waals surface area contributed by atoms with Crippen LogP contribution in [-0.4, -0.2) is 114 Å². The van der Waals surface area contributed by atoms with E-state index in [1.165, 1.54) is 74.5 Å². The summed E-state index contributed by atoms with van der Waals surface area (Å²) in [5.74, 6) is -4.45. The summed E-state index contributed by atoms with van der Waals surface area (Å²) >= 11 is 0. The summed E-state index contributed by atoms with van der Waals surface area (Å²) in [6.45, 7) is 1.72. The molecular formula is C52H50F6N9O8+. The van der Waals surface area contributed by atoms with Gasteiger partial charge in [-0.25, -0.2) is 9.59 Å². The summed E-state index contributed by atoms with van der Waals surface area (Å²) in [4.78, 5) is 84.8. The minimum Gasteiger partial charge on any atom is -0.480 e. The van der Waals surface area contributed by atoms with Crippen molar-refractivity contribution in [3.8, 4) is 12.1 Å². The number of urea groups is 2. The zero-order valence-electron chi connectivity index (χ0n) is 40.8. The number of hydrogen-bond donors (Lipinski definition) is 4. The molecule has 0 radical (unpaired) electrons. The minimum absolute atomic E-state index is 0.0304. The van der Waals surface area contributed by atoms with Crippen molar-refractivity contribution in [2.45, 2.75) is 51.1 Å². The fourth-order valence-electron chi connectivity index (χ4n) is 9.04. The van der Waals surface area contributed by atoms with Crippen LogP contribution < -0.4 is 20.4 Å². The van der Waals surface area contributed by atoms with Crippen molar-refractivity contribution in [3.05, 3.63) is 153 Å².